The van der Waals surface area contributed by atoms with E-state index in [1.807, 2.05) is 6.07 Å². The number of hydrogen-bond donors (Lipinski definition) is 0. The van der Waals surface area contributed by atoms with Crippen LogP contribution in [-0.4, -0.2) is 11.8 Å². The molecule has 1 fully saturated rings. The molecule has 0 aromatic heterocycles. The number of carbonyl (C=O) groups is 2. The minimum absolute atomic E-state index is 0.0172. The lowest BCUT2D eigenvalue weighted by molar-refractivity contribution is -0.137. The minimum Gasteiger partial charge on any atom is -0.426 e. The Kier molecular flexibility index (Phi) is 4.33. The van der Waals surface area contributed by atoms with Crippen LogP contribution in [0.5, 0.6) is 5.75 Å². The maximum Gasteiger partial charge on any atom is 0.308 e. The zero-order chi connectivity index (χ0) is 18.6. The topological polar surface area (TPSA) is 43.4 Å². The summed E-state index contributed by atoms with van der Waals surface area (Å²) in [6, 6.07) is 4.12. The van der Waals surface area contributed by atoms with Gasteiger partial charge < -0.3 is 4.74 Å². The van der Waals surface area contributed by atoms with E-state index in [1.54, 1.807) is 0 Å². The van der Waals surface area contributed by atoms with Gasteiger partial charge in [-0.3, -0.25) is 9.59 Å². The fourth-order valence-corrected chi connectivity index (χ4v) is 5.48. The van der Waals surface area contributed by atoms with E-state index in [2.05, 4.69) is 40.7 Å². The predicted molar refractivity (Wildman–Crippen MR) is 99.0 cm³/mol. The Balaban J connectivity index is 2.16. The molecule has 1 saturated carbocycles. The fraction of sp³-hybridized carbons (Fsp3) is 0.636. The Bertz CT molecular complexity index is 729. The lowest BCUT2D eigenvalue weighted by Gasteiger charge is -2.53. The highest BCUT2D eigenvalue weighted by atomic mass is 16.5. The van der Waals surface area contributed by atoms with Crippen molar-refractivity contribution in [2.75, 3.05) is 0 Å². The molecule has 2 unspecified atom stereocenters. The lowest BCUT2D eigenvalue weighted by Crippen LogP contribution is -2.52. The van der Waals surface area contributed by atoms with E-state index in [0.29, 0.717) is 29.8 Å². The normalized spacial score (nSPS) is 27.6. The van der Waals surface area contributed by atoms with Crippen molar-refractivity contribution in [1.29, 1.82) is 0 Å². The van der Waals surface area contributed by atoms with Crippen LogP contribution < -0.4 is 4.74 Å². The number of rotatable bonds is 2. The van der Waals surface area contributed by atoms with E-state index in [4.69, 9.17) is 4.74 Å². The molecule has 2 aliphatic carbocycles. The number of carbonyl (C=O) groups excluding carboxylic acids is 2. The number of fused-ring (bicyclic) bond motifs is 3. The van der Waals surface area contributed by atoms with E-state index < -0.39 is 0 Å². The predicted octanol–water partition coefficient (Wildman–Crippen LogP) is 4.94. The lowest BCUT2D eigenvalue weighted by atomic mass is 9.49. The molecule has 0 heterocycles. The van der Waals surface area contributed by atoms with Gasteiger partial charge in [0.25, 0.3) is 0 Å². The van der Waals surface area contributed by atoms with E-state index in [9.17, 15) is 9.59 Å². The summed E-state index contributed by atoms with van der Waals surface area (Å²) in [5.41, 5.74) is 3.63. The summed E-state index contributed by atoms with van der Waals surface area (Å²) in [6.07, 6.45) is 3.54. The summed E-state index contributed by atoms with van der Waals surface area (Å²) >= 11 is 0. The first kappa shape index (κ1) is 18.2. The molecule has 0 saturated heterocycles. The molecular formula is C22H30O3. The van der Waals surface area contributed by atoms with Gasteiger partial charge in [0.2, 0.25) is 0 Å². The second kappa shape index (κ2) is 5.96. The van der Waals surface area contributed by atoms with Crippen LogP contribution in [-0.2, 0) is 21.4 Å². The summed E-state index contributed by atoms with van der Waals surface area (Å²) < 4.78 is 5.51. The first-order valence-electron chi connectivity index (χ1n) is 9.47. The van der Waals surface area contributed by atoms with Crippen LogP contribution in [0.25, 0.3) is 0 Å². The van der Waals surface area contributed by atoms with Gasteiger partial charge in [-0.15, -0.1) is 0 Å². The van der Waals surface area contributed by atoms with E-state index in [0.717, 1.165) is 19.3 Å². The Hall–Kier alpha value is -1.64. The van der Waals surface area contributed by atoms with Crippen molar-refractivity contribution in [3.05, 3.63) is 28.8 Å². The molecule has 136 valence electrons. The second-order valence-corrected chi connectivity index (χ2v) is 8.91. The van der Waals surface area contributed by atoms with Gasteiger partial charge >= 0.3 is 5.97 Å². The standard InChI is InChI=1S/C22H30O3/c1-13(2)20-15-7-10-18-21(4,5)19(24)11-12-22(18,6)16(15)8-9-17(20)25-14(3)23/h8-9,13,18H,7,10-12H2,1-6H3. The summed E-state index contributed by atoms with van der Waals surface area (Å²) in [6.45, 7) is 12.4. The van der Waals surface area contributed by atoms with E-state index >= 15 is 0 Å². The maximum atomic E-state index is 12.5. The molecule has 0 radical (unpaired) electrons. The largest absolute Gasteiger partial charge is 0.426 e. The smallest absolute Gasteiger partial charge is 0.308 e. The van der Waals surface area contributed by atoms with Gasteiger partial charge in [0.15, 0.2) is 0 Å². The molecule has 2 aliphatic rings. The van der Waals surface area contributed by atoms with Crippen LogP contribution in [0.15, 0.2) is 12.1 Å². The molecule has 1 aromatic carbocycles. The summed E-state index contributed by atoms with van der Waals surface area (Å²) in [4.78, 5) is 24.0. The van der Waals surface area contributed by atoms with Crippen LogP contribution >= 0.6 is 0 Å². The number of esters is 1. The Morgan fingerprint density at radius 3 is 2.48 bits per heavy atom. The number of hydrogen-bond acceptors (Lipinski definition) is 3. The first-order valence-corrected chi connectivity index (χ1v) is 9.47. The molecule has 0 aliphatic heterocycles. The Morgan fingerprint density at radius 1 is 1.20 bits per heavy atom. The molecule has 0 amide bonds. The quantitative estimate of drug-likeness (QED) is 0.564. The first-order chi connectivity index (χ1) is 11.6. The number of benzene rings is 1. The highest BCUT2D eigenvalue weighted by Gasteiger charge is 2.53. The maximum absolute atomic E-state index is 12.5. The molecule has 0 bridgehead atoms. The molecule has 25 heavy (non-hydrogen) atoms. The molecule has 0 N–H and O–H groups in total. The van der Waals surface area contributed by atoms with Crippen molar-refractivity contribution < 1.29 is 14.3 Å². The van der Waals surface area contributed by atoms with Gasteiger partial charge in [-0.1, -0.05) is 40.7 Å². The number of ether oxygens (including phenoxy) is 1. The Morgan fingerprint density at radius 2 is 1.88 bits per heavy atom. The van der Waals surface area contributed by atoms with Crippen LogP contribution in [0.2, 0.25) is 0 Å². The fourth-order valence-electron chi connectivity index (χ4n) is 5.48. The molecule has 2 atom stereocenters. The number of ketones is 1. The average molecular weight is 342 g/mol. The molecule has 3 nitrogen and oxygen atoms in total. The third-order valence-electron chi connectivity index (χ3n) is 6.68. The highest BCUT2D eigenvalue weighted by molar-refractivity contribution is 5.86. The highest BCUT2D eigenvalue weighted by Crippen LogP contribution is 2.57. The molecule has 3 heteroatoms. The van der Waals surface area contributed by atoms with Gasteiger partial charge in [-0.25, -0.2) is 0 Å². The average Bonchev–Trinajstić information content (AvgIpc) is 2.50. The van der Waals surface area contributed by atoms with Crippen LogP contribution in [0.3, 0.4) is 0 Å². The molecule has 1 aromatic rings. The van der Waals surface area contributed by atoms with Crippen LogP contribution in [0.1, 0.15) is 83.4 Å². The minimum atomic E-state index is -0.272. The summed E-state index contributed by atoms with van der Waals surface area (Å²) in [5, 5.41) is 0. The van der Waals surface area contributed by atoms with Crippen molar-refractivity contribution in [3.63, 3.8) is 0 Å². The summed E-state index contributed by atoms with van der Waals surface area (Å²) in [7, 11) is 0. The second-order valence-electron chi connectivity index (χ2n) is 8.91. The molecular weight excluding hydrogens is 312 g/mol. The van der Waals surface area contributed by atoms with Crippen molar-refractivity contribution >= 4 is 11.8 Å². The van der Waals surface area contributed by atoms with Gasteiger partial charge in [0.1, 0.15) is 11.5 Å². The van der Waals surface area contributed by atoms with Gasteiger partial charge in [0.05, 0.1) is 0 Å². The zero-order valence-corrected chi connectivity index (χ0v) is 16.4. The molecule has 0 spiro atoms. The van der Waals surface area contributed by atoms with Crippen molar-refractivity contribution in [2.45, 2.75) is 78.6 Å². The third-order valence-corrected chi connectivity index (χ3v) is 6.68. The van der Waals surface area contributed by atoms with Crippen LogP contribution in [0.4, 0.5) is 0 Å². The van der Waals surface area contributed by atoms with Crippen LogP contribution in [0, 0.1) is 11.3 Å². The number of Topliss-reactive ketones (excluding diaryl/α,β-unsaturated/α-hetero) is 1. The molecule has 3 rings (SSSR count). The monoisotopic (exact) mass is 342 g/mol. The van der Waals surface area contributed by atoms with E-state index in [1.165, 1.54) is 23.6 Å². The third kappa shape index (κ3) is 2.72. The zero-order valence-electron chi connectivity index (χ0n) is 16.4. The van der Waals surface area contributed by atoms with Gasteiger partial charge in [-0.2, -0.15) is 0 Å². The van der Waals surface area contributed by atoms with Crippen molar-refractivity contribution in [1.82, 2.24) is 0 Å². The summed E-state index contributed by atoms with van der Waals surface area (Å²) in [5.74, 6) is 1.50. The van der Waals surface area contributed by atoms with Gasteiger partial charge in [-0.05, 0) is 53.7 Å². The van der Waals surface area contributed by atoms with E-state index in [-0.39, 0.29) is 16.8 Å². The Labute approximate surface area is 151 Å². The van der Waals surface area contributed by atoms with Crippen molar-refractivity contribution in [3.8, 4) is 5.75 Å². The SMILES string of the molecule is CC(=O)Oc1ccc2c(c1C(C)C)CCC1C(C)(C)C(=O)CCC21C. The van der Waals surface area contributed by atoms with Crippen molar-refractivity contribution in [2.24, 2.45) is 11.3 Å². The van der Waals surface area contributed by atoms with Gasteiger partial charge in [0, 0.05) is 24.3 Å².